The van der Waals surface area contributed by atoms with Crippen molar-refractivity contribution in [2.45, 2.75) is 0 Å². The fourth-order valence-electron chi connectivity index (χ4n) is 1.18. The molecule has 0 N–H and O–H groups in total. The molecule has 0 spiro atoms. The van der Waals surface area contributed by atoms with Gasteiger partial charge in [-0.25, -0.2) is 4.98 Å². The molecule has 0 saturated carbocycles. The average molecular weight is 175 g/mol. The second-order valence-corrected chi connectivity index (χ2v) is 2.59. The number of pyridine rings is 1. The van der Waals surface area contributed by atoms with Crippen molar-refractivity contribution in [3.8, 4) is 5.88 Å². The molecule has 66 valence electrons. The second-order valence-electron chi connectivity index (χ2n) is 2.59. The van der Waals surface area contributed by atoms with Crippen LogP contribution in [0, 0.1) is 0 Å². The van der Waals surface area contributed by atoms with Gasteiger partial charge in [-0.05, 0) is 12.1 Å². The number of benzene rings is 1. The number of hydrogen-bond donors (Lipinski definition) is 0. The summed E-state index contributed by atoms with van der Waals surface area (Å²) in [5, 5.41) is 1.09. The summed E-state index contributed by atoms with van der Waals surface area (Å²) in [5.74, 6) is 0.473. The van der Waals surface area contributed by atoms with Crippen molar-refractivity contribution >= 4 is 10.9 Å². The summed E-state index contributed by atoms with van der Waals surface area (Å²) in [6.45, 7) is 0. The zero-order valence-corrected chi connectivity index (χ0v) is 7.23. The van der Waals surface area contributed by atoms with Gasteiger partial charge in [0, 0.05) is 11.5 Å². The molecule has 2 aromatic rings. The van der Waals surface area contributed by atoms with E-state index < -0.39 is 0 Å². The maximum atomic E-state index is 4.80. The molecule has 0 radical (unpaired) electrons. The summed E-state index contributed by atoms with van der Waals surface area (Å²) in [4.78, 5) is 13.5. The van der Waals surface area contributed by atoms with Gasteiger partial charge in [0.25, 0.3) is 5.88 Å². The van der Waals surface area contributed by atoms with Crippen LogP contribution in [-0.2, 0) is 4.89 Å². The quantitative estimate of drug-likeness (QED) is 0.517. The molecule has 0 aliphatic carbocycles. The highest BCUT2D eigenvalue weighted by Crippen LogP contribution is 2.15. The lowest BCUT2D eigenvalue weighted by molar-refractivity contribution is -0.181. The number of fused-ring (bicyclic) bond motifs is 1. The van der Waals surface area contributed by atoms with Crippen LogP contribution in [0.2, 0.25) is 0 Å². The topological polar surface area (TPSA) is 31.4 Å². The summed E-state index contributed by atoms with van der Waals surface area (Å²) in [6.07, 6.45) is 0. The zero-order valence-electron chi connectivity index (χ0n) is 7.23. The highest BCUT2D eigenvalue weighted by atomic mass is 17.2. The van der Waals surface area contributed by atoms with E-state index in [-0.39, 0.29) is 0 Å². The van der Waals surface area contributed by atoms with E-state index in [2.05, 4.69) is 9.87 Å². The third-order valence-corrected chi connectivity index (χ3v) is 1.74. The summed E-state index contributed by atoms with van der Waals surface area (Å²) >= 11 is 0. The van der Waals surface area contributed by atoms with E-state index in [1.54, 1.807) is 6.07 Å². The van der Waals surface area contributed by atoms with Crippen LogP contribution in [0.1, 0.15) is 0 Å². The van der Waals surface area contributed by atoms with Crippen LogP contribution in [-0.4, -0.2) is 12.1 Å². The van der Waals surface area contributed by atoms with Crippen LogP contribution in [0.25, 0.3) is 10.9 Å². The van der Waals surface area contributed by atoms with Crippen molar-refractivity contribution in [2.75, 3.05) is 7.11 Å². The summed E-state index contributed by atoms with van der Waals surface area (Å²) in [5.41, 5.74) is 0.900. The van der Waals surface area contributed by atoms with Crippen LogP contribution in [0.5, 0.6) is 5.88 Å². The van der Waals surface area contributed by atoms with Crippen molar-refractivity contribution in [1.29, 1.82) is 0 Å². The fraction of sp³-hybridized carbons (Fsp3) is 0.100. The van der Waals surface area contributed by atoms with Gasteiger partial charge in [0.15, 0.2) is 0 Å². The van der Waals surface area contributed by atoms with E-state index in [1.165, 1.54) is 7.11 Å². The fourth-order valence-corrected chi connectivity index (χ4v) is 1.18. The molecular formula is C10H9NO2. The molecule has 1 aromatic carbocycles. The predicted molar refractivity (Wildman–Crippen MR) is 49.4 cm³/mol. The Hall–Kier alpha value is -1.61. The van der Waals surface area contributed by atoms with Crippen LogP contribution in [0.15, 0.2) is 36.4 Å². The average Bonchev–Trinajstić information content (AvgIpc) is 2.18. The Labute approximate surface area is 75.9 Å². The lowest BCUT2D eigenvalue weighted by atomic mass is 10.2. The van der Waals surface area contributed by atoms with Crippen LogP contribution >= 0.6 is 0 Å². The van der Waals surface area contributed by atoms with Gasteiger partial charge in [-0.2, -0.15) is 4.89 Å². The zero-order chi connectivity index (χ0) is 9.10. The first kappa shape index (κ1) is 8.01. The Balaban J connectivity index is 2.49. The monoisotopic (exact) mass is 175 g/mol. The Morgan fingerprint density at radius 1 is 1.08 bits per heavy atom. The minimum atomic E-state index is 0.473. The van der Waals surface area contributed by atoms with Gasteiger partial charge in [0.2, 0.25) is 0 Å². The Bertz CT molecular complexity index is 414. The lowest BCUT2D eigenvalue weighted by Gasteiger charge is -2.00. The largest absolute Gasteiger partial charge is 0.317 e. The molecule has 0 saturated heterocycles. The molecule has 0 fully saturated rings. The number of nitrogens with zero attached hydrogens (tertiary/aromatic N) is 1. The van der Waals surface area contributed by atoms with Gasteiger partial charge in [-0.1, -0.05) is 18.2 Å². The van der Waals surface area contributed by atoms with Gasteiger partial charge in [0.1, 0.15) is 0 Å². The molecule has 2 rings (SSSR count). The van der Waals surface area contributed by atoms with Crippen LogP contribution in [0.3, 0.4) is 0 Å². The van der Waals surface area contributed by atoms with E-state index in [4.69, 9.17) is 4.89 Å². The van der Waals surface area contributed by atoms with Crippen molar-refractivity contribution in [2.24, 2.45) is 0 Å². The van der Waals surface area contributed by atoms with Crippen molar-refractivity contribution in [3.05, 3.63) is 36.4 Å². The molecule has 0 atom stereocenters. The molecule has 0 unspecified atom stereocenters. The first-order valence-corrected chi connectivity index (χ1v) is 3.96. The molecule has 0 aliphatic rings. The number of rotatable bonds is 2. The molecule has 0 amide bonds. The maximum absolute atomic E-state index is 4.80. The highest BCUT2D eigenvalue weighted by molar-refractivity contribution is 5.78. The Morgan fingerprint density at radius 2 is 1.92 bits per heavy atom. The molecule has 1 aromatic heterocycles. The van der Waals surface area contributed by atoms with E-state index >= 15 is 0 Å². The normalized spacial score (nSPS) is 10.2. The van der Waals surface area contributed by atoms with Crippen LogP contribution < -0.4 is 4.89 Å². The van der Waals surface area contributed by atoms with E-state index in [0.29, 0.717) is 5.88 Å². The molecule has 0 bridgehead atoms. The van der Waals surface area contributed by atoms with Crippen molar-refractivity contribution in [1.82, 2.24) is 4.98 Å². The molecule has 3 heteroatoms. The number of aromatic nitrogens is 1. The third kappa shape index (κ3) is 1.60. The smallest absolute Gasteiger partial charge is 0.256 e. The van der Waals surface area contributed by atoms with Gasteiger partial charge in [-0.15, -0.1) is 0 Å². The van der Waals surface area contributed by atoms with Crippen LogP contribution in [0.4, 0.5) is 0 Å². The molecule has 13 heavy (non-hydrogen) atoms. The number of hydrogen-bond acceptors (Lipinski definition) is 3. The van der Waals surface area contributed by atoms with Gasteiger partial charge in [0.05, 0.1) is 12.6 Å². The van der Waals surface area contributed by atoms with E-state index in [1.807, 2.05) is 30.3 Å². The van der Waals surface area contributed by atoms with E-state index in [0.717, 1.165) is 10.9 Å². The van der Waals surface area contributed by atoms with E-state index in [9.17, 15) is 0 Å². The molecular weight excluding hydrogens is 166 g/mol. The summed E-state index contributed by atoms with van der Waals surface area (Å²) in [7, 11) is 1.46. The minimum Gasteiger partial charge on any atom is -0.317 e. The molecule has 1 heterocycles. The number of para-hydroxylation sites is 1. The second kappa shape index (κ2) is 3.41. The summed E-state index contributed by atoms with van der Waals surface area (Å²) < 4.78 is 0. The predicted octanol–water partition coefficient (Wildman–Crippen LogP) is 2.17. The van der Waals surface area contributed by atoms with Crippen molar-refractivity contribution < 1.29 is 9.78 Å². The SMILES string of the molecule is COOc1ccc2ccccc2n1. The maximum Gasteiger partial charge on any atom is 0.256 e. The van der Waals surface area contributed by atoms with Crippen molar-refractivity contribution in [3.63, 3.8) is 0 Å². The molecule has 0 aliphatic heterocycles. The minimum absolute atomic E-state index is 0.473. The Morgan fingerprint density at radius 3 is 2.77 bits per heavy atom. The van der Waals surface area contributed by atoms with Gasteiger partial charge in [-0.3, -0.25) is 0 Å². The van der Waals surface area contributed by atoms with Gasteiger partial charge < -0.3 is 4.89 Å². The third-order valence-electron chi connectivity index (χ3n) is 1.74. The lowest BCUT2D eigenvalue weighted by Crippen LogP contribution is -1.92. The standard InChI is InChI=1S/C10H9NO2/c1-12-13-10-7-6-8-4-2-3-5-9(8)11-10/h2-7H,1H3. The van der Waals surface area contributed by atoms with Gasteiger partial charge >= 0.3 is 0 Å². The highest BCUT2D eigenvalue weighted by Gasteiger charge is 1.97. The first-order valence-electron chi connectivity index (χ1n) is 3.96. The molecule has 3 nitrogen and oxygen atoms in total. The Kier molecular flexibility index (Phi) is 2.10. The summed E-state index contributed by atoms with van der Waals surface area (Å²) in [6, 6.07) is 11.5. The first-order chi connectivity index (χ1) is 6.40.